The molecule has 0 N–H and O–H groups in total. The van der Waals surface area contributed by atoms with Gasteiger partial charge in [0.1, 0.15) is 11.9 Å². The van der Waals surface area contributed by atoms with Gasteiger partial charge in [-0.25, -0.2) is 4.98 Å². The van der Waals surface area contributed by atoms with Crippen LogP contribution < -0.4 is 0 Å². The largest absolute Gasteiger partial charge is 0.341 e. The quantitative estimate of drug-likeness (QED) is 0.530. The molecule has 29 heavy (non-hydrogen) atoms. The Balaban J connectivity index is 1.82. The molecule has 0 aliphatic carbocycles. The second-order valence-electron chi connectivity index (χ2n) is 7.94. The lowest BCUT2D eigenvalue weighted by Gasteiger charge is -2.23. The number of hydrogen-bond donors (Lipinski definition) is 0. The SMILES string of the molecule is Cc1cc2nc(Cc3ccc(Cl)cc3Cl)n(C(C)C(=O)N3CCCC3)c2cc1C. The molecule has 4 nitrogen and oxygen atoms in total. The molecule has 1 aliphatic rings. The predicted molar refractivity (Wildman–Crippen MR) is 119 cm³/mol. The normalized spacial score (nSPS) is 15.3. The topological polar surface area (TPSA) is 38.1 Å². The summed E-state index contributed by atoms with van der Waals surface area (Å²) < 4.78 is 2.09. The zero-order chi connectivity index (χ0) is 20.7. The summed E-state index contributed by atoms with van der Waals surface area (Å²) in [5.41, 5.74) is 5.23. The summed E-state index contributed by atoms with van der Waals surface area (Å²) in [5.74, 6) is 0.998. The van der Waals surface area contributed by atoms with Crippen LogP contribution in [0, 0.1) is 13.8 Å². The van der Waals surface area contributed by atoms with Gasteiger partial charge in [-0.05, 0) is 74.6 Å². The van der Waals surface area contributed by atoms with Crippen molar-refractivity contribution in [1.82, 2.24) is 14.5 Å². The molecule has 6 heteroatoms. The Morgan fingerprint density at radius 3 is 2.48 bits per heavy atom. The monoisotopic (exact) mass is 429 g/mol. The van der Waals surface area contributed by atoms with Gasteiger partial charge in [-0.2, -0.15) is 0 Å². The van der Waals surface area contributed by atoms with E-state index in [0.717, 1.165) is 48.4 Å². The number of imidazole rings is 1. The highest BCUT2D eigenvalue weighted by Crippen LogP contribution is 2.29. The van der Waals surface area contributed by atoms with Gasteiger partial charge in [-0.1, -0.05) is 29.3 Å². The van der Waals surface area contributed by atoms with Gasteiger partial charge in [0.25, 0.3) is 0 Å². The summed E-state index contributed by atoms with van der Waals surface area (Å²) in [6.45, 7) is 7.83. The van der Waals surface area contributed by atoms with E-state index in [2.05, 4.69) is 30.5 Å². The lowest BCUT2D eigenvalue weighted by Crippen LogP contribution is -2.34. The third kappa shape index (κ3) is 3.88. The molecule has 0 bridgehead atoms. The van der Waals surface area contributed by atoms with Crippen LogP contribution in [0.4, 0.5) is 0 Å². The van der Waals surface area contributed by atoms with Crippen molar-refractivity contribution in [3.8, 4) is 0 Å². The third-order valence-corrected chi connectivity index (χ3v) is 6.49. The fourth-order valence-corrected chi connectivity index (χ4v) is 4.58. The minimum atomic E-state index is -0.318. The first-order valence-corrected chi connectivity index (χ1v) is 10.8. The summed E-state index contributed by atoms with van der Waals surface area (Å²) >= 11 is 12.5. The maximum Gasteiger partial charge on any atom is 0.245 e. The average Bonchev–Trinajstić information content (AvgIpc) is 3.31. The molecule has 3 aromatic rings. The summed E-state index contributed by atoms with van der Waals surface area (Å²) in [7, 11) is 0. The number of aromatic nitrogens is 2. The summed E-state index contributed by atoms with van der Waals surface area (Å²) in [5, 5.41) is 1.22. The van der Waals surface area contributed by atoms with Gasteiger partial charge in [0.05, 0.1) is 11.0 Å². The molecule has 0 radical (unpaired) electrons. The zero-order valence-corrected chi connectivity index (χ0v) is 18.5. The van der Waals surface area contributed by atoms with Gasteiger partial charge in [0, 0.05) is 29.6 Å². The molecule has 0 saturated carbocycles. The molecular formula is C23H25Cl2N3O. The number of fused-ring (bicyclic) bond motifs is 1. The van der Waals surface area contributed by atoms with Gasteiger partial charge in [-0.15, -0.1) is 0 Å². The first-order valence-electron chi connectivity index (χ1n) is 10.1. The van der Waals surface area contributed by atoms with Crippen LogP contribution in [-0.2, 0) is 11.2 Å². The number of benzene rings is 2. The molecule has 0 spiro atoms. The third-order valence-electron chi connectivity index (χ3n) is 5.90. The molecule has 1 aliphatic heterocycles. The van der Waals surface area contributed by atoms with Crippen LogP contribution in [0.1, 0.15) is 48.3 Å². The fourth-order valence-electron chi connectivity index (χ4n) is 4.10. The molecule has 1 atom stereocenters. The maximum absolute atomic E-state index is 13.2. The highest BCUT2D eigenvalue weighted by Gasteiger charge is 2.28. The molecular weight excluding hydrogens is 405 g/mol. The average molecular weight is 430 g/mol. The number of aryl methyl sites for hydroxylation is 2. The Bertz CT molecular complexity index is 1080. The van der Waals surface area contributed by atoms with Gasteiger partial charge in [0.2, 0.25) is 5.91 Å². The van der Waals surface area contributed by atoms with Gasteiger partial charge in [-0.3, -0.25) is 4.79 Å². The molecule has 1 fully saturated rings. The second kappa shape index (κ2) is 8.00. The van der Waals surface area contributed by atoms with E-state index in [4.69, 9.17) is 28.2 Å². The van der Waals surface area contributed by atoms with Crippen LogP contribution in [0.25, 0.3) is 11.0 Å². The maximum atomic E-state index is 13.2. The van der Waals surface area contributed by atoms with Crippen molar-refractivity contribution in [2.24, 2.45) is 0 Å². The number of amides is 1. The molecule has 1 saturated heterocycles. The van der Waals surface area contributed by atoms with Crippen LogP contribution >= 0.6 is 23.2 Å². The number of halogens is 2. The van der Waals surface area contributed by atoms with Crippen molar-refractivity contribution >= 4 is 40.1 Å². The van der Waals surface area contributed by atoms with E-state index in [1.807, 2.05) is 24.0 Å². The number of hydrogen-bond acceptors (Lipinski definition) is 2. The van der Waals surface area contributed by atoms with Crippen molar-refractivity contribution in [1.29, 1.82) is 0 Å². The smallest absolute Gasteiger partial charge is 0.245 e. The van der Waals surface area contributed by atoms with Crippen molar-refractivity contribution in [2.75, 3.05) is 13.1 Å². The number of carbonyl (C=O) groups excluding carboxylic acids is 1. The van der Waals surface area contributed by atoms with E-state index < -0.39 is 0 Å². The zero-order valence-electron chi connectivity index (χ0n) is 17.0. The molecule has 4 rings (SSSR count). The van der Waals surface area contributed by atoms with E-state index in [0.29, 0.717) is 16.5 Å². The van der Waals surface area contributed by atoms with Crippen molar-refractivity contribution in [3.05, 3.63) is 62.9 Å². The number of rotatable bonds is 4. The first-order chi connectivity index (χ1) is 13.8. The first kappa shape index (κ1) is 20.2. The Morgan fingerprint density at radius 2 is 1.79 bits per heavy atom. The van der Waals surface area contributed by atoms with Gasteiger partial charge in [0.15, 0.2) is 0 Å². The Hall–Kier alpha value is -2.04. The number of carbonyl (C=O) groups is 1. The van der Waals surface area contributed by atoms with Crippen LogP contribution in [0.3, 0.4) is 0 Å². The highest BCUT2D eigenvalue weighted by atomic mass is 35.5. The van der Waals surface area contributed by atoms with Crippen molar-refractivity contribution in [2.45, 2.75) is 46.1 Å². The van der Waals surface area contributed by atoms with Gasteiger partial charge < -0.3 is 9.47 Å². The van der Waals surface area contributed by atoms with E-state index in [9.17, 15) is 4.79 Å². The van der Waals surface area contributed by atoms with E-state index >= 15 is 0 Å². The minimum absolute atomic E-state index is 0.156. The van der Waals surface area contributed by atoms with Gasteiger partial charge >= 0.3 is 0 Å². The Labute approximate surface area is 181 Å². The second-order valence-corrected chi connectivity index (χ2v) is 8.79. The Kier molecular flexibility index (Phi) is 5.58. The summed E-state index contributed by atoms with van der Waals surface area (Å²) in [4.78, 5) is 20.1. The molecule has 1 amide bonds. The predicted octanol–water partition coefficient (Wildman–Crippen LogP) is 5.73. The van der Waals surface area contributed by atoms with Crippen LogP contribution in [0.5, 0.6) is 0 Å². The lowest BCUT2D eigenvalue weighted by molar-refractivity contribution is -0.133. The summed E-state index contributed by atoms with van der Waals surface area (Å²) in [6.07, 6.45) is 2.70. The molecule has 1 unspecified atom stereocenters. The fraction of sp³-hybridized carbons (Fsp3) is 0.391. The molecule has 2 aromatic carbocycles. The van der Waals surface area contributed by atoms with Crippen LogP contribution in [-0.4, -0.2) is 33.4 Å². The highest BCUT2D eigenvalue weighted by molar-refractivity contribution is 6.35. The lowest BCUT2D eigenvalue weighted by atomic mass is 10.1. The van der Waals surface area contributed by atoms with E-state index in [-0.39, 0.29) is 11.9 Å². The molecule has 2 heterocycles. The number of likely N-dealkylation sites (tertiary alicyclic amines) is 1. The van der Waals surface area contributed by atoms with Crippen LogP contribution in [0.15, 0.2) is 30.3 Å². The minimum Gasteiger partial charge on any atom is -0.341 e. The van der Waals surface area contributed by atoms with E-state index in [1.54, 1.807) is 6.07 Å². The van der Waals surface area contributed by atoms with Crippen molar-refractivity contribution < 1.29 is 4.79 Å². The van der Waals surface area contributed by atoms with Crippen LogP contribution in [0.2, 0.25) is 10.0 Å². The standard InChI is InChI=1S/C23H25Cl2N3O/c1-14-10-20-21(11-15(14)2)28(16(3)23(29)27-8-4-5-9-27)22(26-20)12-17-6-7-18(24)13-19(17)25/h6-7,10-11,13,16H,4-5,8-9,12H2,1-3H3. The molecule has 1 aromatic heterocycles. The van der Waals surface area contributed by atoms with Crippen molar-refractivity contribution in [3.63, 3.8) is 0 Å². The number of nitrogens with zero attached hydrogens (tertiary/aromatic N) is 3. The summed E-state index contributed by atoms with van der Waals surface area (Å²) in [6, 6.07) is 9.43. The molecule has 152 valence electrons. The van der Waals surface area contributed by atoms with E-state index in [1.165, 1.54) is 11.1 Å². The Morgan fingerprint density at radius 1 is 1.10 bits per heavy atom.